The summed E-state index contributed by atoms with van der Waals surface area (Å²) < 4.78 is 5.35. The van der Waals surface area contributed by atoms with Crippen LogP contribution in [0.2, 0.25) is 0 Å². The first-order valence-corrected chi connectivity index (χ1v) is 6.32. The third-order valence-electron chi connectivity index (χ3n) is 3.29. The van der Waals surface area contributed by atoms with Gasteiger partial charge in [0.15, 0.2) is 0 Å². The summed E-state index contributed by atoms with van der Waals surface area (Å²) >= 11 is 0. The van der Waals surface area contributed by atoms with E-state index in [1.807, 2.05) is 6.92 Å². The summed E-state index contributed by atoms with van der Waals surface area (Å²) in [5.41, 5.74) is 0.450. The number of hydrogen-bond acceptors (Lipinski definition) is 5. The third kappa shape index (κ3) is 2.77. The summed E-state index contributed by atoms with van der Waals surface area (Å²) in [7, 11) is 1.76. The normalized spacial score (nSPS) is 16.6. The summed E-state index contributed by atoms with van der Waals surface area (Å²) in [5, 5.41) is 8.98. The Bertz CT molecular complexity index is 447. The molecule has 0 atom stereocenters. The maximum absolute atomic E-state index is 8.98. The van der Waals surface area contributed by atoms with E-state index >= 15 is 0 Å². The predicted octanol–water partition coefficient (Wildman–Crippen LogP) is 1.53. The van der Waals surface area contributed by atoms with E-state index in [9.17, 15) is 0 Å². The summed E-state index contributed by atoms with van der Waals surface area (Å²) in [4.78, 5) is 10.9. The van der Waals surface area contributed by atoms with Crippen molar-refractivity contribution in [1.29, 1.82) is 5.26 Å². The molecule has 96 valence electrons. The molecule has 1 saturated heterocycles. The lowest BCUT2D eigenvalue weighted by Crippen LogP contribution is -2.37. The molecular formula is C13H18N4O. The number of aromatic nitrogens is 2. The van der Waals surface area contributed by atoms with Gasteiger partial charge in [0, 0.05) is 32.7 Å². The second-order valence-corrected chi connectivity index (χ2v) is 4.42. The van der Waals surface area contributed by atoms with Crippen LogP contribution in [0.3, 0.4) is 0 Å². The SMILES string of the molecule is CCc1nc(C#N)cc(N2CCC(OC)CC2)n1. The van der Waals surface area contributed by atoms with Crippen LogP contribution in [0, 0.1) is 11.3 Å². The molecule has 5 heteroatoms. The lowest BCUT2D eigenvalue weighted by Gasteiger charge is -2.32. The first-order chi connectivity index (χ1) is 8.76. The Hall–Kier alpha value is -1.67. The summed E-state index contributed by atoms with van der Waals surface area (Å²) in [6, 6.07) is 3.87. The van der Waals surface area contributed by atoms with Crippen LogP contribution in [-0.2, 0) is 11.2 Å². The van der Waals surface area contributed by atoms with Gasteiger partial charge in [-0.3, -0.25) is 0 Å². The lowest BCUT2D eigenvalue weighted by atomic mass is 10.1. The minimum absolute atomic E-state index is 0.351. The molecule has 0 bridgehead atoms. The molecule has 0 unspecified atom stereocenters. The smallest absolute Gasteiger partial charge is 0.146 e. The molecule has 0 radical (unpaired) electrons. The Labute approximate surface area is 107 Å². The van der Waals surface area contributed by atoms with Gasteiger partial charge in [0.2, 0.25) is 0 Å². The van der Waals surface area contributed by atoms with E-state index in [0.717, 1.165) is 44.0 Å². The number of piperidine rings is 1. The van der Waals surface area contributed by atoms with Crippen molar-refractivity contribution in [3.63, 3.8) is 0 Å². The minimum Gasteiger partial charge on any atom is -0.381 e. The number of ether oxygens (including phenoxy) is 1. The second-order valence-electron chi connectivity index (χ2n) is 4.42. The number of nitrogens with zero attached hydrogens (tertiary/aromatic N) is 4. The fourth-order valence-electron chi connectivity index (χ4n) is 2.18. The zero-order valence-corrected chi connectivity index (χ0v) is 10.9. The number of aryl methyl sites for hydroxylation is 1. The average molecular weight is 246 g/mol. The van der Waals surface area contributed by atoms with Gasteiger partial charge in [-0.05, 0) is 12.8 Å². The highest BCUT2D eigenvalue weighted by Crippen LogP contribution is 2.20. The van der Waals surface area contributed by atoms with E-state index in [1.54, 1.807) is 13.2 Å². The van der Waals surface area contributed by atoms with Crippen LogP contribution >= 0.6 is 0 Å². The Kier molecular flexibility index (Phi) is 4.11. The summed E-state index contributed by atoms with van der Waals surface area (Å²) in [5.74, 6) is 1.60. The summed E-state index contributed by atoms with van der Waals surface area (Å²) in [6.07, 6.45) is 3.11. The van der Waals surface area contributed by atoms with Crippen LogP contribution in [0.15, 0.2) is 6.07 Å². The van der Waals surface area contributed by atoms with Crippen molar-refractivity contribution in [2.24, 2.45) is 0 Å². The Balaban J connectivity index is 2.16. The topological polar surface area (TPSA) is 62.0 Å². The highest BCUT2D eigenvalue weighted by molar-refractivity contribution is 5.43. The molecule has 0 aliphatic carbocycles. The highest BCUT2D eigenvalue weighted by Gasteiger charge is 2.20. The number of methoxy groups -OCH3 is 1. The van der Waals surface area contributed by atoms with E-state index < -0.39 is 0 Å². The van der Waals surface area contributed by atoms with Crippen LogP contribution in [0.25, 0.3) is 0 Å². The van der Waals surface area contributed by atoms with Gasteiger partial charge in [-0.25, -0.2) is 9.97 Å². The third-order valence-corrected chi connectivity index (χ3v) is 3.29. The van der Waals surface area contributed by atoms with Gasteiger partial charge in [0.05, 0.1) is 6.10 Å². The molecular weight excluding hydrogens is 228 g/mol. The van der Waals surface area contributed by atoms with Gasteiger partial charge in [0.1, 0.15) is 23.4 Å². The number of hydrogen-bond donors (Lipinski definition) is 0. The maximum atomic E-state index is 8.98. The molecule has 1 fully saturated rings. The van der Waals surface area contributed by atoms with E-state index in [-0.39, 0.29) is 0 Å². The molecule has 0 saturated carbocycles. The number of anilines is 1. The van der Waals surface area contributed by atoms with Crippen LogP contribution in [0.1, 0.15) is 31.3 Å². The second kappa shape index (κ2) is 5.78. The molecule has 0 spiro atoms. The zero-order valence-electron chi connectivity index (χ0n) is 10.9. The van der Waals surface area contributed by atoms with Crippen molar-refractivity contribution in [1.82, 2.24) is 9.97 Å². The standard InChI is InChI=1S/C13H18N4O/c1-3-12-15-10(9-14)8-13(16-12)17-6-4-11(18-2)5-7-17/h8,11H,3-7H2,1-2H3. The van der Waals surface area contributed by atoms with Gasteiger partial charge in [-0.15, -0.1) is 0 Å². The first-order valence-electron chi connectivity index (χ1n) is 6.32. The predicted molar refractivity (Wildman–Crippen MR) is 68.4 cm³/mol. The van der Waals surface area contributed by atoms with Crippen molar-refractivity contribution < 1.29 is 4.74 Å². The highest BCUT2D eigenvalue weighted by atomic mass is 16.5. The molecule has 0 amide bonds. The molecule has 1 aromatic rings. The Morgan fingerprint density at radius 1 is 1.44 bits per heavy atom. The lowest BCUT2D eigenvalue weighted by molar-refractivity contribution is 0.0818. The largest absolute Gasteiger partial charge is 0.381 e. The average Bonchev–Trinajstić information content (AvgIpc) is 2.46. The molecule has 0 N–H and O–H groups in total. The van der Waals surface area contributed by atoms with Crippen molar-refractivity contribution >= 4 is 5.82 Å². The van der Waals surface area contributed by atoms with Crippen LogP contribution in [-0.4, -0.2) is 36.3 Å². The van der Waals surface area contributed by atoms with Crippen LogP contribution in [0.4, 0.5) is 5.82 Å². The van der Waals surface area contributed by atoms with E-state index in [4.69, 9.17) is 10.00 Å². The maximum Gasteiger partial charge on any atom is 0.146 e. The van der Waals surface area contributed by atoms with Gasteiger partial charge < -0.3 is 9.64 Å². The molecule has 0 aromatic carbocycles. The molecule has 1 aliphatic rings. The van der Waals surface area contributed by atoms with Gasteiger partial charge in [-0.1, -0.05) is 6.92 Å². The minimum atomic E-state index is 0.351. The first kappa shape index (κ1) is 12.8. The Morgan fingerprint density at radius 2 is 2.17 bits per heavy atom. The van der Waals surface area contributed by atoms with Crippen molar-refractivity contribution in [2.75, 3.05) is 25.1 Å². The molecule has 5 nitrogen and oxygen atoms in total. The van der Waals surface area contributed by atoms with Crippen LogP contribution in [0.5, 0.6) is 0 Å². The molecule has 2 heterocycles. The fourth-order valence-corrected chi connectivity index (χ4v) is 2.18. The van der Waals surface area contributed by atoms with Gasteiger partial charge >= 0.3 is 0 Å². The van der Waals surface area contributed by atoms with Crippen LogP contribution < -0.4 is 4.90 Å². The number of nitriles is 1. The van der Waals surface area contributed by atoms with Crippen molar-refractivity contribution in [3.8, 4) is 6.07 Å². The van der Waals surface area contributed by atoms with E-state index in [0.29, 0.717) is 11.8 Å². The number of rotatable bonds is 3. The van der Waals surface area contributed by atoms with E-state index in [1.165, 1.54) is 0 Å². The van der Waals surface area contributed by atoms with Crippen molar-refractivity contribution in [2.45, 2.75) is 32.3 Å². The molecule has 2 rings (SSSR count). The van der Waals surface area contributed by atoms with E-state index in [2.05, 4.69) is 20.9 Å². The quantitative estimate of drug-likeness (QED) is 0.809. The zero-order chi connectivity index (χ0) is 13.0. The van der Waals surface area contributed by atoms with Gasteiger partial charge in [-0.2, -0.15) is 5.26 Å². The van der Waals surface area contributed by atoms with Crippen molar-refractivity contribution in [3.05, 3.63) is 17.6 Å². The summed E-state index contributed by atoms with van der Waals surface area (Å²) in [6.45, 7) is 3.84. The fraction of sp³-hybridized carbons (Fsp3) is 0.615. The molecule has 1 aromatic heterocycles. The molecule has 1 aliphatic heterocycles. The monoisotopic (exact) mass is 246 g/mol. The molecule has 18 heavy (non-hydrogen) atoms. The Morgan fingerprint density at radius 3 is 2.72 bits per heavy atom. The van der Waals surface area contributed by atoms with Gasteiger partial charge in [0.25, 0.3) is 0 Å².